The summed E-state index contributed by atoms with van der Waals surface area (Å²) in [6, 6.07) is 21.9. The van der Waals surface area contributed by atoms with Gasteiger partial charge in [-0.25, -0.2) is 8.42 Å². The lowest BCUT2D eigenvalue weighted by Crippen LogP contribution is -2.52. The smallest absolute Gasteiger partial charge is 0.264 e. The van der Waals surface area contributed by atoms with Crippen molar-refractivity contribution in [2.45, 2.75) is 64.6 Å². The molecule has 1 N–H and O–H groups in total. The number of rotatable bonds is 11. The molecule has 0 saturated carbocycles. The summed E-state index contributed by atoms with van der Waals surface area (Å²) >= 11 is 0. The predicted octanol–water partition coefficient (Wildman–Crippen LogP) is 4.83. The van der Waals surface area contributed by atoms with E-state index in [4.69, 9.17) is 0 Å². The molecule has 8 heteroatoms. The summed E-state index contributed by atoms with van der Waals surface area (Å²) in [4.78, 5) is 28.5. The molecule has 2 amide bonds. The third-order valence-electron chi connectivity index (χ3n) is 6.57. The Labute approximate surface area is 226 Å². The van der Waals surface area contributed by atoms with Gasteiger partial charge in [-0.05, 0) is 63.9 Å². The number of hydrogen-bond donors (Lipinski definition) is 1. The van der Waals surface area contributed by atoms with Crippen LogP contribution in [0.1, 0.15) is 43.9 Å². The number of nitrogens with zero attached hydrogens (tertiary/aromatic N) is 2. The summed E-state index contributed by atoms with van der Waals surface area (Å²) in [6.45, 7) is 9.15. The van der Waals surface area contributed by atoms with Crippen LogP contribution < -0.4 is 9.62 Å². The Balaban J connectivity index is 2.00. The Hall–Kier alpha value is -3.65. The maximum Gasteiger partial charge on any atom is 0.264 e. The summed E-state index contributed by atoms with van der Waals surface area (Å²) in [5.41, 5.74) is 3.27. The van der Waals surface area contributed by atoms with Gasteiger partial charge in [-0.1, -0.05) is 72.6 Å². The van der Waals surface area contributed by atoms with Crippen molar-refractivity contribution in [3.63, 3.8) is 0 Å². The van der Waals surface area contributed by atoms with Gasteiger partial charge < -0.3 is 10.2 Å². The number of sulfonamides is 1. The molecule has 0 aromatic heterocycles. The summed E-state index contributed by atoms with van der Waals surface area (Å²) in [5, 5.41) is 2.94. The van der Waals surface area contributed by atoms with Crippen LogP contribution in [-0.2, 0) is 26.2 Å². The van der Waals surface area contributed by atoms with Crippen LogP contribution in [0.4, 0.5) is 5.69 Å². The molecule has 0 heterocycles. The SMILES string of the molecule is CC[C@H](C)NC(=O)[C@@H](C)N(Cc1ccc(C)cc1)C(=O)CN(c1ccc(C)cc1)S(=O)(=O)c1ccccc1. The molecular formula is C30H37N3O4S. The average molecular weight is 536 g/mol. The Bertz CT molecular complexity index is 1320. The van der Waals surface area contributed by atoms with Crippen LogP contribution in [0.3, 0.4) is 0 Å². The first-order valence-electron chi connectivity index (χ1n) is 12.8. The van der Waals surface area contributed by atoms with Gasteiger partial charge in [0.1, 0.15) is 12.6 Å². The highest BCUT2D eigenvalue weighted by Gasteiger charge is 2.32. The van der Waals surface area contributed by atoms with Crippen molar-refractivity contribution in [2.75, 3.05) is 10.8 Å². The minimum atomic E-state index is -4.06. The van der Waals surface area contributed by atoms with Crippen LogP contribution in [-0.4, -0.2) is 43.8 Å². The van der Waals surface area contributed by atoms with E-state index in [1.165, 1.54) is 17.0 Å². The predicted molar refractivity (Wildman–Crippen MR) is 151 cm³/mol. The molecule has 38 heavy (non-hydrogen) atoms. The van der Waals surface area contributed by atoms with Gasteiger partial charge in [0.15, 0.2) is 0 Å². The zero-order chi connectivity index (χ0) is 27.9. The Kier molecular flexibility index (Phi) is 9.69. The number of carbonyl (C=O) groups is 2. The van der Waals surface area contributed by atoms with Gasteiger partial charge >= 0.3 is 0 Å². The van der Waals surface area contributed by atoms with Gasteiger partial charge in [0.2, 0.25) is 11.8 Å². The molecule has 0 fully saturated rings. The van der Waals surface area contributed by atoms with Crippen molar-refractivity contribution in [3.8, 4) is 0 Å². The standard InChI is InChI=1S/C30H37N3O4S/c1-6-24(4)31-30(35)25(5)32(20-26-16-12-22(2)13-17-26)29(34)21-33(27-18-14-23(3)15-19-27)38(36,37)28-10-8-7-9-11-28/h7-19,24-25H,6,20-21H2,1-5H3,(H,31,35)/t24-,25+/m0/s1. The number of carbonyl (C=O) groups excluding carboxylic acids is 2. The van der Waals surface area contributed by atoms with E-state index in [-0.39, 0.29) is 23.4 Å². The molecule has 0 saturated heterocycles. The third kappa shape index (κ3) is 7.22. The zero-order valence-corrected chi connectivity index (χ0v) is 23.5. The second kappa shape index (κ2) is 12.7. The van der Waals surface area contributed by atoms with Crippen molar-refractivity contribution in [2.24, 2.45) is 0 Å². The first kappa shape index (κ1) is 28.9. The molecule has 3 rings (SSSR count). The number of aryl methyl sites for hydroxylation is 2. The number of benzene rings is 3. The first-order valence-corrected chi connectivity index (χ1v) is 14.3. The second-order valence-electron chi connectivity index (χ2n) is 9.66. The fraction of sp³-hybridized carbons (Fsp3) is 0.333. The fourth-order valence-corrected chi connectivity index (χ4v) is 5.33. The van der Waals surface area contributed by atoms with E-state index in [0.717, 1.165) is 27.4 Å². The monoisotopic (exact) mass is 535 g/mol. The van der Waals surface area contributed by atoms with E-state index < -0.39 is 28.5 Å². The van der Waals surface area contributed by atoms with Gasteiger partial charge in [-0.2, -0.15) is 0 Å². The van der Waals surface area contributed by atoms with Crippen LogP contribution in [0.25, 0.3) is 0 Å². The van der Waals surface area contributed by atoms with Crippen molar-refractivity contribution in [1.29, 1.82) is 0 Å². The van der Waals surface area contributed by atoms with Crippen molar-refractivity contribution >= 4 is 27.5 Å². The zero-order valence-electron chi connectivity index (χ0n) is 22.7. The van der Waals surface area contributed by atoms with Crippen LogP contribution in [0.2, 0.25) is 0 Å². The van der Waals surface area contributed by atoms with E-state index in [1.807, 2.05) is 52.0 Å². The molecule has 0 bridgehead atoms. The molecule has 0 radical (unpaired) electrons. The summed E-state index contributed by atoms with van der Waals surface area (Å²) < 4.78 is 28.6. The lowest BCUT2D eigenvalue weighted by Gasteiger charge is -2.32. The van der Waals surface area contributed by atoms with Crippen molar-refractivity contribution in [3.05, 3.63) is 95.6 Å². The molecule has 0 spiro atoms. The minimum Gasteiger partial charge on any atom is -0.352 e. The van der Waals surface area contributed by atoms with E-state index in [0.29, 0.717) is 5.69 Å². The fourth-order valence-electron chi connectivity index (χ4n) is 3.90. The average Bonchev–Trinajstić information content (AvgIpc) is 2.91. The number of nitrogens with one attached hydrogen (secondary N) is 1. The lowest BCUT2D eigenvalue weighted by molar-refractivity contribution is -0.139. The summed E-state index contributed by atoms with van der Waals surface area (Å²) in [6.07, 6.45) is 0.751. The summed E-state index contributed by atoms with van der Waals surface area (Å²) in [5.74, 6) is -0.759. The molecular weight excluding hydrogens is 498 g/mol. The van der Waals surface area contributed by atoms with Crippen molar-refractivity contribution in [1.82, 2.24) is 10.2 Å². The lowest BCUT2D eigenvalue weighted by atomic mass is 10.1. The molecule has 0 aliphatic heterocycles. The Morgan fingerprint density at radius 2 is 1.39 bits per heavy atom. The normalized spacial score (nSPS) is 12.9. The number of amides is 2. The maximum absolute atomic E-state index is 13.9. The molecule has 3 aromatic rings. The largest absolute Gasteiger partial charge is 0.352 e. The van der Waals surface area contributed by atoms with Crippen LogP contribution in [0.15, 0.2) is 83.8 Å². The van der Waals surface area contributed by atoms with Gasteiger partial charge in [-0.3, -0.25) is 13.9 Å². The molecule has 202 valence electrons. The first-order chi connectivity index (χ1) is 18.0. The van der Waals surface area contributed by atoms with Crippen LogP contribution in [0, 0.1) is 13.8 Å². The molecule has 0 aliphatic rings. The van der Waals surface area contributed by atoms with Crippen molar-refractivity contribution < 1.29 is 18.0 Å². The summed E-state index contributed by atoms with van der Waals surface area (Å²) in [7, 11) is -4.06. The molecule has 7 nitrogen and oxygen atoms in total. The topological polar surface area (TPSA) is 86.8 Å². The van der Waals surface area contributed by atoms with Crippen LogP contribution in [0.5, 0.6) is 0 Å². The maximum atomic E-state index is 13.9. The van der Waals surface area contributed by atoms with Gasteiger partial charge in [-0.15, -0.1) is 0 Å². The quantitative estimate of drug-likeness (QED) is 0.381. The van der Waals surface area contributed by atoms with E-state index in [2.05, 4.69) is 5.32 Å². The number of anilines is 1. The second-order valence-corrected chi connectivity index (χ2v) is 11.5. The minimum absolute atomic E-state index is 0.0520. The van der Waals surface area contributed by atoms with Crippen LogP contribution >= 0.6 is 0 Å². The Morgan fingerprint density at radius 3 is 1.95 bits per heavy atom. The highest BCUT2D eigenvalue weighted by atomic mass is 32.2. The highest BCUT2D eigenvalue weighted by Crippen LogP contribution is 2.25. The highest BCUT2D eigenvalue weighted by molar-refractivity contribution is 7.92. The molecule has 0 unspecified atom stereocenters. The molecule has 3 aromatic carbocycles. The Morgan fingerprint density at radius 1 is 0.842 bits per heavy atom. The van der Waals surface area contributed by atoms with Gasteiger partial charge in [0.05, 0.1) is 10.6 Å². The molecule has 2 atom stereocenters. The van der Waals surface area contributed by atoms with Gasteiger partial charge in [0, 0.05) is 12.6 Å². The third-order valence-corrected chi connectivity index (χ3v) is 8.36. The van der Waals surface area contributed by atoms with E-state index >= 15 is 0 Å². The van der Waals surface area contributed by atoms with E-state index in [9.17, 15) is 18.0 Å². The van der Waals surface area contributed by atoms with Gasteiger partial charge in [0.25, 0.3) is 10.0 Å². The molecule has 0 aliphatic carbocycles. The van der Waals surface area contributed by atoms with E-state index in [1.54, 1.807) is 49.4 Å². The number of hydrogen-bond acceptors (Lipinski definition) is 4.